The van der Waals surface area contributed by atoms with Crippen LogP contribution in [-0.2, 0) is 0 Å². The van der Waals surface area contributed by atoms with E-state index in [0.29, 0.717) is 11.3 Å². The molecule has 3 nitrogen and oxygen atoms in total. The minimum absolute atomic E-state index is 0.0519. The fourth-order valence-corrected chi connectivity index (χ4v) is 1.74. The van der Waals surface area contributed by atoms with Crippen molar-refractivity contribution in [2.45, 2.75) is 46.6 Å². The van der Waals surface area contributed by atoms with Crippen LogP contribution < -0.4 is 4.74 Å². The van der Waals surface area contributed by atoms with Crippen LogP contribution in [-0.4, -0.2) is 16.9 Å². The van der Waals surface area contributed by atoms with Crippen molar-refractivity contribution < 1.29 is 9.53 Å². The number of carbonyl (C=O) groups is 1. The third-order valence-corrected chi connectivity index (χ3v) is 2.54. The van der Waals surface area contributed by atoms with Gasteiger partial charge in [0.15, 0.2) is 5.78 Å². The van der Waals surface area contributed by atoms with Crippen LogP contribution >= 0.6 is 0 Å². The Morgan fingerprint density at radius 3 is 2.65 bits per heavy atom. The minimum Gasteiger partial charge on any atom is -0.489 e. The van der Waals surface area contributed by atoms with Crippen LogP contribution in [0.15, 0.2) is 18.5 Å². The molecular weight excluding hydrogens is 214 g/mol. The number of nitrogens with zero attached hydrogens (tertiary/aromatic N) is 1. The lowest BCUT2D eigenvalue weighted by atomic mass is 9.96. The van der Waals surface area contributed by atoms with Crippen molar-refractivity contribution in [1.29, 1.82) is 0 Å². The number of aromatic nitrogens is 1. The van der Waals surface area contributed by atoms with E-state index < -0.39 is 0 Å². The third-order valence-electron chi connectivity index (χ3n) is 2.54. The summed E-state index contributed by atoms with van der Waals surface area (Å²) in [5.74, 6) is 0.860. The lowest BCUT2D eigenvalue weighted by Gasteiger charge is -2.12. The van der Waals surface area contributed by atoms with Crippen LogP contribution in [0.5, 0.6) is 5.75 Å². The molecule has 3 heteroatoms. The Kier molecular flexibility index (Phi) is 5.13. The number of pyridine rings is 1. The van der Waals surface area contributed by atoms with E-state index in [1.807, 2.05) is 20.8 Å². The van der Waals surface area contributed by atoms with Crippen molar-refractivity contribution in [3.05, 3.63) is 24.0 Å². The number of Topliss-reactive ketones (excluding diaryl/α,β-unsaturated/α-hetero) is 1. The summed E-state index contributed by atoms with van der Waals surface area (Å²) in [5, 5.41) is 0. The lowest BCUT2D eigenvalue weighted by molar-refractivity contribution is 0.0922. The Balaban J connectivity index is 2.80. The van der Waals surface area contributed by atoms with Crippen LogP contribution in [0.3, 0.4) is 0 Å². The second-order valence-corrected chi connectivity index (χ2v) is 4.63. The molecule has 0 aromatic carbocycles. The van der Waals surface area contributed by atoms with Crippen molar-refractivity contribution >= 4 is 5.78 Å². The predicted molar refractivity (Wildman–Crippen MR) is 68.4 cm³/mol. The average molecular weight is 235 g/mol. The molecule has 0 N–H and O–H groups in total. The van der Waals surface area contributed by atoms with Crippen LogP contribution in [0.4, 0.5) is 0 Å². The highest BCUT2D eigenvalue weighted by Crippen LogP contribution is 2.18. The molecule has 0 radical (unpaired) electrons. The molecule has 0 saturated heterocycles. The maximum absolute atomic E-state index is 12.1. The fourth-order valence-electron chi connectivity index (χ4n) is 1.74. The Hall–Kier alpha value is -1.38. The number of hydrogen-bond donors (Lipinski definition) is 0. The van der Waals surface area contributed by atoms with Gasteiger partial charge in [-0.3, -0.25) is 9.78 Å². The van der Waals surface area contributed by atoms with Gasteiger partial charge in [-0.25, -0.2) is 0 Å². The van der Waals surface area contributed by atoms with E-state index >= 15 is 0 Å². The molecule has 0 spiro atoms. The smallest absolute Gasteiger partial charge is 0.167 e. The predicted octanol–water partition coefficient (Wildman–Crippen LogP) is 3.49. The zero-order chi connectivity index (χ0) is 12.8. The van der Waals surface area contributed by atoms with Crippen molar-refractivity contribution in [1.82, 2.24) is 4.98 Å². The van der Waals surface area contributed by atoms with Gasteiger partial charge in [-0.2, -0.15) is 0 Å². The normalized spacial score (nSPS) is 12.5. The summed E-state index contributed by atoms with van der Waals surface area (Å²) in [7, 11) is 0. The maximum atomic E-state index is 12.1. The first-order chi connectivity index (χ1) is 8.04. The summed E-state index contributed by atoms with van der Waals surface area (Å²) in [4.78, 5) is 16.1. The first-order valence-corrected chi connectivity index (χ1v) is 6.20. The summed E-state index contributed by atoms with van der Waals surface area (Å²) in [5.41, 5.74) is 0.643. The zero-order valence-electron chi connectivity index (χ0n) is 11.1. The van der Waals surface area contributed by atoms with Gasteiger partial charge in [0.2, 0.25) is 0 Å². The van der Waals surface area contributed by atoms with E-state index in [1.54, 1.807) is 18.5 Å². The molecule has 1 rings (SSSR count). The SMILES string of the molecule is CCCC(C)C(=O)c1cncc(OC(C)C)c1. The Morgan fingerprint density at radius 1 is 1.35 bits per heavy atom. The zero-order valence-corrected chi connectivity index (χ0v) is 11.1. The average Bonchev–Trinajstić information content (AvgIpc) is 2.28. The molecule has 1 unspecified atom stereocenters. The second-order valence-electron chi connectivity index (χ2n) is 4.63. The van der Waals surface area contributed by atoms with Gasteiger partial charge in [0.05, 0.1) is 12.3 Å². The lowest BCUT2D eigenvalue weighted by Crippen LogP contribution is -2.12. The Bertz CT molecular complexity index is 374. The quantitative estimate of drug-likeness (QED) is 0.708. The molecule has 17 heavy (non-hydrogen) atoms. The molecule has 1 aromatic heterocycles. The van der Waals surface area contributed by atoms with Gasteiger partial charge in [-0.05, 0) is 26.3 Å². The number of rotatable bonds is 6. The largest absolute Gasteiger partial charge is 0.489 e. The number of ether oxygens (including phenoxy) is 1. The standard InChI is InChI=1S/C14H21NO2/c1-5-6-11(4)14(16)12-7-13(9-15-8-12)17-10(2)3/h7-11H,5-6H2,1-4H3. The van der Waals surface area contributed by atoms with Gasteiger partial charge >= 0.3 is 0 Å². The van der Waals surface area contributed by atoms with Gasteiger partial charge in [0.25, 0.3) is 0 Å². The summed E-state index contributed by atoms with van der Waals surface area (Å²) >= 11 is 0. The molecule has 0 aliphatic heterocycles. The van der Waals surface area contributed by atoms with Crippen molar-refractivity contribution in [3.8, 4) is 5.75 Å². The van der Waals surface area contributed by atoms with Crippen LogP contribution in [0.25, 0.3) is 0 Å². The van der Waals surface area contributed by atoms with Gasteiger partial charge in [-0.1, -0.05) is 20.3 Å². The maximum Gasteiger partial charge on any atom is 0.167 e. The van der Waals surface area contributed by atoms with Crippen molar-refractivity contribution in [2.24, 2.45) is 5.92 Å². The van der Waals surface area contributed by atoms with Crippen LogP contribution in [0.1, 0.15) is 50.9 Å². The molecule has 0 saturated carbocycles. The van der Waals surface area contributed by atoms with E-state index in [1.165, 1.54) is 0 Å². The van der Waals surface area contributed by atoms with Gasteiger partial charge in [0.1, 0.15) is 5.75 Å². The first kappa shape index (κ1) is 13.7. The van der Waals surface area contributed by atoms with Crippen LogP contribution in [0.2, 0.25) is 0 Å². The molecule has 0 aliphatic carbocycles. The van der Waals surface area contributed by atoms with E-state index in [9.17, 15) is 4.79 Å². The molecule has 0 amide bonds. The van der Waals surface area contributed by atoms with Crippen molar-refractivity contribution in [2.75, 3.05) is 0 Å². The van der Waals surface area contributed by atoms with Crippen molar-refractivity contribution in [3.63, 3.8) is 0 Å². The van der Waals surface area contributed by atoms with E-state index in [4.69, 9.17) is 4.74 Å². The van der Waals surface area contributed by atoms with Gasteiger partial charge < -0.3 is 4.74 Å². The third kappa shape index (κ3) is 4.17. The van der Waals surface area contributed by atoms with E-state index in [2.05, 4.69) is 11.9 Å². The first-order valence-electron chi connectivity index (χ1n) is 6.20. The highest BCUT2D eigenvalue weighted by molar-refractivity contribution is 5.97. The molecule has 0 bridgehead atoms. The summed E-state index contributed by atoms with van der Waals surface area (Å²) in [6, 6.07) is 1.78. The summed E-state index contributed by atoms with van der Waals surface area (Å²) < 4.78 is 5.53. The number of carbonyl (C=O) groups excluding carboxylic acids is 1. The summed E-state index contributed by atoms with van der Waals surface area (Å²) in [6.07, 6.45) is 5.27. The molecular formula is C14H21NO2. The van der Waals surface area contributed by atoms with E-state index in [0.717, 1.165) is 12.8 Å². The summed E-state index contributed by atoms with van der Waals surface area (Å²) in [6.45, 7) is 7.95. The molecule has 1 atom stereocenters. The molecule has 1 heterocycles. The molecule has 0 aliphatic rings. The minimum atomic E-state index is 0.0519. The Labute approximate surface area is 103 Å². The van der Waals surface area contributed by atoms with E-state index in [-0.39, 0.29) is 17.8 Å². The van der Waals surface area contributed by atoms with Gasteiger partial charge in [0, 0.05) is 17.7 Å². The second kappa shape index (κ2) is 6.38. The molecule has 94 valence electrons. The topological polar surface area (TPSA) is 39.2 Å². The number of ketones is 1. The molecule has 0 fully saturated rings. The van der Waals surface area contributed by atoms with Gasteiger partial charge in [-0.15, -0.1) is 0 Å². The molecule has 1 aromatic rings. The number of hydrogen-bond acceptors (Lipinski definition) is 3. The Morgan fingerprint density at radius 2 is 2.06 bits per heavy atom. The highest BCUT2D eigenvalue weighted by atomic mass is 16.5. The fraction of sp³-hybridized carbons (Fsp3) is 0.571. The van der Waals surface area contributed by atoms with Crippen LogP contribution in [0, 0.1) is 5.92 Å². The monoisotopic (exact) mass is 235 g/mol. The highest BCUT2D eigenvalue weighted by Gasteiger charge is 2.15.